The summed E-state index contributed by atoms with van der Waals surface area (Å²) in [6, 6.07) is 17.6. The fraction of sp³-hybridized carbons (Fsp3) is 0.280. The van der Waals surface area contributed by atoms with Crippen molar-refractivity contribution in [1.29, 1.82) is 5.26 Å². The molecule has 0 radical (unpaired) electrons. The molecule has 0 aromatic heterocycles. The van der Waals surface area contributed by atoms with E-state index in [9.17, 15) is 10.1 Å². The zero-order chi connectivity index (χ0) is 21.8. The lowest BCUT2D eigenvalue weighted by molar-refractivity contribution is -0.138. The summed E-state index contributed by atoms with van der Waals surface area (Å²) in [6.45, 7) is 6.96. The van der Waals surface area contributed by atoms with Crippen LogP contribution < -0.4 is 5.32 Å². The van der Waals surface area contributed by atoms with Crippen LogP contribution in [0.15, 0.2) is 72.0 Å². The zero-order valence-corrected chi connectivity index (χ0v) is 17.8. The predicted octanol–water partition coefficient (Wildman–Crippen LogP) is 5.14. The summed E-state index contributed by atoms with van der Waals surface area (Å²) in [7, 11) is 0. The molecule has 5 nitrogen and oxygen atoms in total. The van der Waals surface area contributed by atoms with Crippen LogP contribution in [0.3, 0.4) is 0 Å². The van der Waals surface area contributed by atoms with Crippen LogP contribution in [0.25, 0.3) is 0 Å². The van der Waals surface area contributed by atoms with Crippen molar-refractivity contribution in [3.05, 3.63) is 88.7 Å². The maximum Gasteiger partial charge on any atom is 0.341 e. The molecule has 5 heteroatoms. The van der Waals surface area contributed by atoms with Crippen molar-refractivity contribution in [3.8, 4) is 6.07 Å². The minimum Gasteiger partial charge on any atom is -0.488 e. The van der Waals surface area contributed by atoms with Gasteiger partial charge < -0.3 is 14.8 Å². The van der Waals surface area contributed by atoms with Gasteiger partial charge in [0.2, 0.25) is 0 Å². The van der Waals surface area contributed by atoms with E-state index >= 15 is 0 Å². The number of ether oxygens (including phenoxy) is 2. The third-order valence-corrected chi connectivity index (χ3v) is 4.37. The summed E-state index contributed by atoms with van der Waals surface area (Å²) in [5.41, 5.74) is 3.70. The van der Waals surface area contributed by atoms with Crippen LogP contribution in [0, 0.1) is 11.3 Å². The first-order chi connectivity index (χ1) is 14.6. The number of esters is 1. The van der Waals surface area contributed by atoms with Crippen LogP contribution in [0.1, 0.15) is 37.5 Å². The maximum absolute atomic E-state index is 12.6. The molecule has 0 fully saturated rings. The van der Waals surface area contributed by atoms with Gasteiger partial charge in [0.25, 0.3) is 0 Å². The lowest BCUT2D eigenvalue weighted by atomic mass is 10.0. The third-order valence-electron chi connectivity index (χ3n) is 4.37. The molecule has 2 aromatic rings. The molecular formula is C25H28N2O3. The maximum atomic E-state index is 12.6. The molecule has 1 N–H and O–H groups in total. The number of carbonyl (C=O) groups excluding carboxylic acids is 1. The second-order valence-corrected chi connectivity index (χ2v) is 6.49. The molecule has 0 bridgehead atoms. The number of allylic oxidation sites excluding steroid dienone is 2. The molecular weight excluding hydrogens is 376 g/mol. The molecule has 2 rings (SSSR count). The average molecular weight is 405 g/mol. The molecule has 0 saturated heterocycles. The molecule has 0 unspecified atom stereocenters. The Bertz CT molecular complexity index is 941. The normalized spacial score (nSPS) is 11.5. The van der Waals surface area contributed by atoms with Gasteiger partial charge in [0.1, 0.15) is 18.4 Å². The number of nitriles is 1. The summed E-state index contributed by atoms with van der Waals surface area (Å²) in [5, 5.41) is 12.6. The number of benzene rings is 2. The molecule has 30 heavy (non-hydrogen) atoms. The number of carbonyl (C=O) groups is 1. The van der Waals surface area contributed by atoms with Crippen molar-refractivity contribution in [2.45, 2.75) is 33.8 Å². The SMILES string of the molecule is C/C=C(OCc1ccccc1)\C(=C/Cc1ccc(NCC)c(C#N)c1)C(=O)OCC. The van der Waals surface area contributed by atoms with Gasteiger partial charge in [-0.3, -0.25) is 0 Å². The summed E-state index contributed by atoms with van der Waals surface area (Å²) in [5.74, 6) is 0.0468. The first-order valence-electron chi connectivity index (χ1n) is 10.1. The lowest BCUT2D eigenvalue weighted by Crippen LogP contribution is -2.12. The van der Waals surface area contributed by atoms with Crippen LogP contribution in [0.4, 0.5) is 5.69 Å². The number of nitrogens with zero attached hydrogens (tertiary/aromatic N) is 1. The van der Waals surface area contributed by atoms with Crippen LogP contribution in [0.2, 0.25) is 0 Å². The van der Waals surface area contributed by atoms with Crippen LogP contribution in [0.5, 0.6) is 0 Å². The van der Waals surface area contributed by atoms with Crippen molar-refractivity contribution in [2.24, 2.45) is 0 Å². The van der Waals surface area contributed by atoms with E-state index in [0.29, 0.717) is 29.9 Å². The Kier molecular flexibility index (Phi) is 9.20. The van der Waals surface area contributed by atoms with Crippen molar-refractivity contribution >= 4 is 11.7 Å². The van der Waals surface area contributed by atoms with Crippen LogP contribution in [-0.2, 0) is 27.3 Å². The van der Waals surface area contributed by atoms with Crippen molar-refractivity contribution < 1.29 is 14.3 Å². The van der Waals surface area contributed by atoms with Crippen molar-refractivity contribution in [3.63, 3.8) is 0 Å². The number of rotatable bonds is 10. The standard InChI is InChI=1S/C25H28N2O3/c1-4-24(30-18-20-10-8-7-9-11-20)22(25(28)29-6-3)14-12-19-13-15-23(27-5-2)21(16-19)17-26/h4,7-11,13-16,27H,5-6,12,18H2,1-3H3/b22-14+,24-4+. The van der Waals surface area contributed by atoms with E-state index in [1.807, 2.05) is 62.4 Å². The van der Waals surface area contributed by atoms with E-state index in [1.165, 1.54) is 0 Å². The van der Waals surface area contributed by atoms with E-state index in [2.05, 4.69) is 11.4 Å². The first-order valence-corrected chi connectivity index (χ1v) is 10.1. The number of hydrogen-bond acceptors (Lipinski definition) is 5. The molecule has 0 atom stereocenters. The van der Waals surface area contributed by atoms with Gasteiger partial charge in [-0.05, 0) is 56.5 Å². The fourth-order valence-corrected chi connectivity index (χ4v) is 2.92. The lowest BCUT2D eigenvalue weighted by Gasteiger charge is -2.14. The van der Waals surface area contributed by atoms with Crippen molar-refractivity contribution in [2.75, 3.05) is 18.5 Å². The zero-order valence-electron chi connectivity index (χ0n) is 17.8. The van der Waals surface area contributed by atoms with E-state index in [1.54, 1.807) is 19.1 Å². The van der Waals surface area contributed by atoms with Crippen LogP contribution >= 0.6 is 0 Å². The highest BCUT2D eigenvalue weighted by Gasteiger charge is 2.17. The van der Waals surface area contributed by atoms with E-state index < -0.39 is 5.97 Å². The molecule has 0 spiro atoms. The first kappa shape index (κ1) is 22.8. The molecule has 0 heterocycles. The van der Waals surface area contributed by atoms with E-state index in [-0.39, 0.29) is 6.61 Å². The average Bonchev–Trinajstić information content (AvgIpc) is 2.77. The van der Waals surface area contributed by atoms with E-state index in [4.69, 9.17) is 9.47 Å². The van der Waals surface area contributed by atoms with Crippen LogP contribution in [-0.4, -0.2) is 19.1 Å². The molecule has 2 aromatic carbocycles. The van der Waals surface area contributed by atoms with Gasteiger partial charge in [-0.1, -0.05) is 42.5 Å². The Labute approximate surface area is 178 Å². The summed E-state index contributed by atoms with van der Waals surface area (Å²) in [6.07, 6.45) is 4.03. The Hall–Kier alpha value is -3.52. The Morgan fingerprint density at radius 3 is 2.50 bits per heavy atom. The molecule has 0 aliphatic carbocycles. The minimum absolute atomic E-state index is 0.280. The highest BCUT2D eigenvalue weighted by atomic mass is 16.5. The number of anilines is 1. The molecule has 0 aliphatic rings. The Morgan fingerprint density at radius 2 is 1.87 bits per heavy atom. The Balaban J connectivity index is 2.23. The quantitative estimate of drug-likeness (QED) is 0.257. The largest absolute Gasteiger partial charge is 0.488 e. The molecule has 0 saturated carbocycles. The number of hydrogen-bond donors (Lipinski definition) is 1. The minimum atomic E-state index is -0.427. The molecule has 0 aliphatic heterocycles. The Morgan fingerprint density at radius 1 is 1.10 bits per heavy atom. The third kappa shape index (κ3) is 6.52. The monoisotopic (exact) mass is 404 g/mol. The van der Waals surface area contributed by atoms with Gasteiger partial charge in [0, 0.05) is 6.54 Å². The highest BCUT2D eigenvalue weighted by molar-refractivity contribution is 5.92. The van der Waals surface area contributed by atoms with Gasteiger partial charge >= 0.3 is 5.97 Å². The summed E-state index contributed by atoms with van der Waals surface area (Å²) < 4.78 is 11.2. The van der Waals surface area contributed by atoms with E-state index in [0.717, 1.165) is 23.4 Å². The van der Waals surface area contributed by atoms with Gasteiger partial charge in [-0.25, -0.2) is 4.79 Å². The topological polar surface area (TPSA) is 71.3 Å². The molecule has 156 valence electrons. The highest BCUT2D eigenvalue weighted by Crippen LogP contribution is 2.20. The van der Waals surface area contributed by atoms with Gasteiger partial charge in [-0.2, -0.15) is 5.26 Å². The predicted molar refractivity (Wildman–Crippen MR) is 119 cm³/mol. The molecule has 0 amide bonds. The van der Waals surface area contributed by atoms with Gasteiger partial charge in [0.15, 0.2) is 0 Å². The second-order valence-electron chi connectivity index (χ2n) is 6.49. The summed E-state index contributed by atoms with van der Waals surface area (Å²) in [4.78, 5) is 12.6. The summed E-state index contributed by atoms with van der Waals surface area (Å²) >= 11 is 0. The van der Waals surface area contributed by atoms with Gasteiger partial charge in [0.05, 0.1) is 23.4 Å². The van der Waals surface area contributed by atoms with Gasteiger partial charge in [-0.15, -0.1) is 0 Å². The smallest absolute Gasteiger partial charge is 0.341 e. The second kappa shape index (κ2) is 12.1. The van der Waals surface area contributed by atoms with Crippen molar-refractivity contribution in [1.82, 2.24) is 0 Å². The fourth-order valence-electron chi connectivity index (χ4n) is 2.92. The number of nitrogens with one attached hydrogen (secondary N) is 1.